The second-order valence-electron chi connectivity index (χ2n) is 4.00. The molecule has 2 aromatic rings. The Kier molecular flexibility index (Phi) is 3.79. The molecule has 1 aromatic heterocycles. The van der Waals surface area contributed by atoms with Crippen LogP contribution in [0.4, 0.5) is 0 Å². The summed E-state index contributed by atoms with van der Waals surface area (Å²) < 4.78 is 1.10. The van der Waals surface area contributed by atoms with E-state index in [1.807, 2.05) is 0 Å². The van der Waals surface area contributed by atoms with Gasteiger partial charge in [0.1, 0.15) is 0 Å². The van der Waals surface area contributed by atoms with Crippen molar-refractivity contribution in [1.29, 1.82) is 0 Å². The van der Waals surface area contributed by atoms with Crippen molar-refractivity contribution in [1.82, 2.24) is 0 Å². The van der Waals surface area contributed by atoms with Gasteiger partial charge in [-0.2, -0.15) is 11.3 Å². The van der Waals surface area contributed by atoms with Gasteiger partial charge in [-0.3, -0.25) is 0 Å². The Bertz CT molecular complexity index is 445. The van der Waals surface area contributed by atoms with Crippen LogP contribution in [0.5, 0.6) is 0 Å². The zero-order valence-corrected chi connectivity index (χ0v) is 11.5. The maximum atomic E-state index is 6.21. The van der Waals surface area contributed by atoms with E-state index in [9.17, 15) is 0 Å². The normalized spacial score (nSPS) is 12.7. The summed E-state index contributed by atoms with van der Waals surface area (Å²) in [4.78, 5) is 0. The van der Waals surface area contributed by atoms with Gasteiger partial charge in [0.05, 0.1) is 0 Å². The van der Waals surface area contributed by atoms with Crippen LogP contribution in [0.15, 0.2) is 39.5 Å². The summed E-state index contributed by atoms with van der Waals surface area (Å²) in [6, 6.07) is 8.56. The van der Waals surface area contributed by atoms with Crippen molar-refractivity contribution in [2.45, 2.75) is 19.4 Å². The van der Waals surface area contributed by atoms with Gasteiger partial charge < -0.3 is 5.73 Å². The predicted molar refractivity (Wildman–Crippen MR) is 73.8 cm³/mol. The number of rotatable bonds is 3. The summed E-state index contributed by atoms with van der Waals surface area (Å²) in [6.45, 7) is 2.09. The lowest BCUT2D eigenvalue weighted by molar-refractivity contribution is 0.722. The first kappa shape index (κ1) is 11.8. The fraction of sp³-hybridized carbons (Fsp3) is 0.231. The van der Waals surface area contributed by atoms with E-state index in [0.717, 1.165) is 10.9 Å². The van der Waals surface area contributed by atoms with Gasteiger partial charge in [0.15, 0.2) is 0 Å². The number of benzene rings is 1. The van der Waals surface area contributed by atoms with Gasteiger partial charge in [0, 0.05) is 10.5 Å². The average Bonchev–Trinajstić information content (AvgIpc) is 2.68. The highest BCUT2D eigenvalue weighted by Gasteiger charge is 2.08. The summed E-state index contributed by atoms with van der Waals surface area (Å²) in [5.74, 6) is 0. The fourth-order valence-corrected chi connectivity index (χ4v) is 3.07. The molecule has 0 saturated carbocycles. The van der Waals surface area contributed by atoms with E-state index in [0.29, 0.717) is 0 Å². The van der Waals surface area contributed by atoms with Crippen molar-refractivity contribution < 1.29 is 0 Å². The highest BCUT2D eigenvalue weighted by Crippen LogP contribution is 2.22. The van der Waals surface area contributed by atoms with Crippen LogP contribution in [-0.2, 0) is 6.42 Å². The van der Waals surface area contributed by atoms with Gasteiger partial charge in [-0.15, -0.1) is 0 Å². The number of thiophene rings is 1. The number of hydrogen-bond donors (Lipinski definition) is 1. The molecule has 2 rings (SSSR count). The van der Waals surface area contributed by atoms with Crippen LogP contribution in [0.25, 0.3) is 0 Å². The van der Waals surface area contributed by atoms with Gasteiger partial charge in [-0.05, 0) is 59.0 Å². The molecule has 1 atom stereocenters. The Morgan fingerprint density at radius 2 is 2.19 bits per heavy atom. The molecule has 0 radical (unpaired) electrons. The van der Waals surface area contributed by atoms with Crippen LogP contribution in [0.1, 0.15) is 22.7 Å². The van der Waals surface area contributed by atoms with Crippen LogP contribution in [0, 0.1) is 6.92 Å². The third-order valence-electron chi connectivity index (χ3n) is 2.53. The lowest BCUT2D eigenvalue weighted by Gasteiger charge is -2.12. The quantitative estimate of drug-likeness (QED) is 0.908. The molecule has 2 N–H and O–H groups in total. The van der Waals surface area contributed by atoms with E-state index in [2.05, 4.69) is 57.9 Å². The summed E-state index contributed by atoms with van der Waals surface area (Å²) in [5.41, 5.74) is 9.96. The Labute approximate surface area is 108 Å². The molecule has 1 heterocycles. The van der Waals surface area contributed by atoms with Crippen molar-refractivity contribution in [3.8, 4) is 0 Å². The van der Waals surface area contributed by atoms with Crippen molar-refractivity contribution in [2.24, 2.45) is 5.73 Å². The molecule has 84 valence electrons. The molecular weight excluding hydrogens is 282 g/mol. The highest BCUT2D eigenvalue weighted by atomic mass is 79.9. The maximum Gasteiger partial charge on any atom is 0.0336 e. The molecule has 3 heteroatoms. The molecular formula is C13H14BrNS. The summed E-state index contributed by atoms with van der Waals surface area (Å²) >= 11 is 5.22. The molecule has 0 aliphatic rings. The van der Waals surface area contributed by atoms with Gasteiger partial charge in [0.25, 0.3) is 0 Å². The lowest BCUT2D eigenvalue weighted by Crippen LogP contribution is -2.13. The van der Waals surface area contributed by atoms with Crippen molar-refractivity contribution in [2.75, 3.05) is 0 Å². The van der Waals surface area contributed by atoms with Gasteiger partial charge in [0.2, 0.25) is 0 Å². The zero-order valence-electron chi connectivity index (χ0n) is 9.11. The minimum atomic E-state index is 0.0748. The largest absolute Gasteiger partial charge is 0.324 e. The van der Waals surface area contributed by atoms with Crippen molar-refractivity contribution in [3.63, 3.8) is 0 Å². The van der Waals surface area contributed by atoms with E-state index in [-0.39, 0.29) is 6.04 Å². The average molecular weight is 296 g/mol. The van der Waals surface area contributed by atoms with Crippen LogP contribution >= 0.6 is 27.3 Å². The first-order valence-electron chi connectivity index (χ1n) is 5.19. The smallest absolute Gasteiger partial charge is 0.0336 e. The monoisotopic (exact) mass is 295 g/mol. The number of hydrogen-bond acceptors (Lipinski definition) is 2. The van der Waals surface area contributed by atoms with Gasteiger partial charge in [-0.25, -0.2) is 0 Å². The standard InChI is InChI=1S/C13H14BrNS/c1-9-4-11(7-12(14)5-9)13(15)6-10-2-3-16-8-10/h2-5,7-8,13H,6,15H2,1H3. The van der Waals surface area contributed by atoms with E-state index in [4.69, 9.17) is 5.73 Å². The molecule has 0 bridgehead atoms. The Hall–Kier alpha value is -0.640. The number of halogens is 1. The molecule has 0 aliphatic heterocycles. The summed E-state index contributed by atoms with van der Waals surface area (Å²) in [7, 11) is 0. The third-order valence-corrected chi connectivity index (χ3v) is 3.72. The maximum absolute atomic E-state index is 6.21. The van der Waals surface area contributed by atoms with Gasteiger partial charge in [-0.1, -0.05) is 22.0 Å². The van der Waals surface area contributed by atoms with E-state index in [1.165, 1.54) is 16.7 Å². The zero-order chi connectivity index (χ0) is 11.5. The van der Waals surface area contributed by atoms with Crippen molar-refractivity contribution >= 4 is 27.3 Å². The lowest BCUT2D eigenvalue weighted by atomic mass is 10.00. The first-order chi connectivity index (χ1) is 7.65. The summed E-state index contributed by atoms with van der Waals surface area (Å²) in [6.07, 6.45) is 0.902. The molecule has 1 unspecified atom stereocenters. The molecule has 0 saturated heterocycles. The molecule has 0 spiro atoms. The number of nitrogens with two attached hydrogens (primary N) is 1. The third kappa shape index (κ3) is 2.94. The molecule has 0 fully saturated rings. The Morgan fingerprint density at radius 3 is 2.81 bits per heavy atom. The molecule has 0 amide bonds. The summed E-state index contributed by atoms with van der Waals surface area (Å²) in [5, 5.41) is 4.25. The van der Waals surface area contributed by atoms with Crippen LogP contribution < -0.4 is 5.73 Å². The van der Waals surface area contributed by atoms with E-state index in [1.54, 1.807) is 11.3 Å². The van der Waals surface area contributed by atoms with Crippen LogP contribution in [0.2, 0.25) is 0 Å². The van der Waals surface area contributed by atoms with E-state index >= 15 is 0 Å². The van der Waals surface area contributed by atoms with Crippen LogP contribution in [0.3, 0.4) is 0 Å². The Morgan fingerprint density at radius 1 is 1.38 bits per heavy atom. The molecule has 0 aliphatic carbocycles. The fourth-order valence-electron chi connectivity index (χ4n) is 1.76. The highest BCUT2D eigenvalue weighted by molar-refractivity contribution is 9.10. The van der Waals surface area contributed by atoms with Crippen LogP contribution in [-0.4, -0.2) is 0 Å². The van der Waals surface area contributed by atoms with Crippen molar-refractivity contribution in [3.05, 3.63) is 56.2 Å². The second kappa shape index (κ2) is 5.13. The second-order valence-corrected chi connectivity index (χ2v) is 5.70. The molecule has 1 nitrogen and oxygen atoms in total. The minimum Gasteiger partial charge on any atom is -0.324 e. The molecule has 16 heavy (non-hydrogen) atoms. The van der Waals surface area contributed by atoms with E-state index < -0.39 is 0 Å². The Balaban J connectivity index is 2.17. The first-order valence-corrected chi connectivity index (χ1v) is 6.92. The SMILES string of the molecule is Cc1cc(Br)cc(C(N)Cc2ccsc2)c1. The topological polar surface area (TPSA) is 26.0 Å². The van der Waals surface area contributed by atoms with Gasteiger partial charge >= 0.3 is 0 Å². The minimum absolute atomic E-state index is 0.0748. The predicted octanol–water partition coefficient (Wildman–Crippen LogP) is 4.06. The number of aryl methyl sites for hydroxylation is 1. The molecule has 1 aromatic carbocycles.